The minimum atomic E-state index is -0.437. The van der Waals surface area contributed by atoms with Crippen molar-refractivity contribution in [1.82, 2.24) is 9.88 Å². The van der Waals surface area contributed by atoms with E-state index in [1.807, 2.05) is 11.8 Å². The fourth-order valence-electron chi connectivity index (χ4n) is 3.32. The Morgan fingerprint density at radius 2 is 2.23 bits per heavy atom. The van der Waals surface area contributed by atoms with Gasteiger partial charge in [0.15, 0.2) is 5.13 Å². The van der Waals surface area contributed by atoms with Crippen LogP contribution in [-0.2, 0) is 4.74 Å². The summed E-state index contributed by atoms with van der Waals surface area (Å²) in [6, 6.07) is 0. The normalized spacial score (nSPS) is 24.5. The van der Waals surface area contributed by atoms with E-state index < -0.39 is 11.7 Å². The highest BCUT2D eigenvalue weighted by atomic mass is 32.1. The highest BCUT2D eigenvalue weighted by Crippen LogP contribution is 2.36. The van der Waals surface area contributed by atoms with Gasteiger partial charge < -0.3 is 20.1 Å². The Kier molecular flexibility index (Phi) is 4.38. The van der Waals surface area contributed by atoms with Gasteiger partial charge in [0.1, 0.15) is 4.88 Å². The van der Waals surface area contributed by atoms with Gasteiger partial charge in [0, 0.05) is 26.7 Å². The van der Waals surface area contributed by atoms with E-state index in [1.165, 1.54) is 11.3 Å². The average molecular weight is 325 g/mol. The van der Waals surface area contributed by atoms with Crippen LogP contribution in [0.25, 0.3) is 0 Å². The van der Waals surface area contributed by atoms with Gasteiger partial charge in [-0.3, -0.25) is 4.79 Å². The molecule has 0 bridgehead atoms. The number of thiazole rings is 1. The maximum atomic E-state index is 12.7. The van der Waals surface area contributed by atoms with Crippen molar-refractivity contribution < 1.29 is 14.6 Å². The molecule has 6 nitrogen and oxygen atoms in total. The number of hydrogen-bond acceptors (Lipinski definition) is 6. The number of anilines is 1. The van der Waals surface area contributed by atoms with Crippen molar-refractivity contribution in [3.05, 3.63) is 10.6 Å². The molecule has 2 N–H and O–H groups in total. The lowest BCUT2D eigenvalue weighted by atomic mass is 9.82. The van der Waals surface area contributed by atoms with E-state index in [0.717, 1.165) is 23.7 Å². The van der Waals surface area contributed by atoms with Gasteiger partial charge in [-0.05, 0) is 32.6 Å². The number of aliphatic hydroxyl groups excluding tert-OH is 1. The number of nitrogens with zero attached hydrogens (tertiary/aromatic N) is 2. The summed E-state index contributed by atoms with van der Waals surface area (Å²) in [6.07, 6.45) is 2.72. The number of likely N-dealkylation sites (tertiary alicyclic amines) is 1. The zero-order valence-electron chi connectivity index (χ0n) is 13.1. The molecule has 122 valence electrons. The maximum absolute atomic E-state index is 12.7. The number of aromatic nitrogens is 1. The van der Waals surface area contributed by atoms with Crippen LogP contribution in [0.15, 0.2) is 0 Å². The maximum Gasteiger partial charge on any atom is 0.265 e. The van der Waals surface area contributed by atoms with Crippen LogP contribution in [0.1, 0.15) is 41.0 Å². The molecule has 2 fully saturated rings. The Bertz CT molecular complexity index is 552. The van der Waals surface area contributed by atoms with Crippen LogP contribution in [0.2, 0.25) is 0 Å². The van der Waals surface area contributed by atoms with Crippen molar-refractivity contribution in [3.63, 3.8) is 0 Å². The highest BCUT2D eigenvalue weighted by molar-refractivity contribution is 7.17. The Morgan fingerprint density at radius 3 is 2.82 bits per heavy atom. The number of amides is 1. The van der Waals surface area contributed by atoms with E-state index in [4.69, 9.17) is 4.74 Å². The number of aliphatic hydroxyl groups is 1. The molecule has 3 rings (SSSR count). The third kappa shape index (κ3) is 2.73. The molecule has 3 heterocycles. The lowest BCUT2D eigenvalue weighted by molar-refractivity contribution is -0.174. The van der Waals surface area contributed by atoms with Crippen molar-refractivity contribution in [3.8, 4) is 0 Å². The van der Waals surface area contributed by atoms with Crippen molar-refractivity contribution >= 4 is 22.4 Å². The predicted octanol–water partition coefficient (Wildman–Crippen LogP) is 1.64. The smallest absolute Gasteiger partial charge is 0.265 e. The number of piperidine rings is 1. The summed E-state index contributed by atoms with van der Waals surface area (Å²) >= 11 is 1.39. The van der Waals surface area contributed by atoms with Crippen LogP contribution in [0.5, 0.6) is 0 Å². The molecule has 0 aliphatic carbocycles. The molecule has 0 unspecified atom stereocenters. The van der Waals surface area contributed by atoms with Crippen molar-refractivity contribution in [2.75, 3.05) is 32.1 Å². The first kappa shape index (κ1) is 15.7. The zero-order chi connectivity index (χ0) is 15.7. The summed E-state index contributed by atoms with van der Waals surface area (Å²) < 4.78 is 5.89. The Labute approximate surface area is 134 Å². The molecule has 1 spiro atoms. The SMILES string of the molecule is CNc1nc(C)c(C(=O)N2CCC3(CC2)OCCC[C@H]3O)s1. The lowest BCUT2D eigenvalue weighted by Crippen LogP contribution is -2.56. The summed E-state index contributed by atoms with van der Waals surface area (Å²) in [5.41, 5.74) is 0.335. The minimum Gasteiger partial charge on any atom is -0.390 e. The van der Waals surface area contributed by atoms with Crippen molar-refractivity contribution in [1.29, 1.82) is 0 Å². The quantitative estimate of drug-likeness (QED) is 0.865. The van der Waals surface area contributed by atoms with Crippen LogP contribution >= 0.6 is 11.3 Å². The number of aryl methyl sites for hydroxylation is 1. The number of ether oxygens (including phenoxy) is 1. The lowest BCUT2D eigenvalue weighted by Gasteiger charge is -2.46. The summed E-state index contributed by atoms with van der Waals surface area (Å²) in [5.74, 6) is 0.0386. The van der Waals surface area contributed by atoms with E-state index in [1.54, 1.807) is 7.05 Å². The van der Waals surface area contributed by atoms with Gasteiger partial charge >= 0.3 is 0 Å². The first-order valence-corrected chi connectivity index (χ1v) is 8.64. The van der Waals surface area contributed by atoms with Crippen LogP contribution in [0.4, 0.5) is 5.13 Å². The third-order valence-electron chi connectivity index (χ3n) is 4.72. The molecule has 0 aromatic carbocycles. The number of hydrogen-bond donors (Lipinski definition) is 2. The first-order chi connectivity index (χ1) is 10.6. The molecule has 1 amide bonds. The van der Waals surface area contributed by atoms with E-state index in [-0.39, 0.29) is 5.91 Å². The number of rotatable bonds is 2. The summed E-state index contributed by atoms with van der Waals surface area (Å²) in [5, 5.41) is 14.0. The van der Waals surface area contributed by atoms with Crippen LogP contribution in [-0.4, -0.2) is 59.3 Å². The van der Waals surface area contributed by atoms with Gasteiger partial charge in [0.25, 0.3) is 5.91 Å². The second kappa shape index (κ2) is 6.14. The second-order valence-electron chi connectivity index (χ2n) is 6.05. The minimum absolute atomic E-state index is 0.0386. The summed E-state index contributed by atoms with van der Waals surface area (Å²) in [6.45, 7) is 3.83. The molecule has 0 saturated carbocycles. The number of carbonyl (C=O) groups excluding carboxylic acids is 1. The predicted molar refractivity (Wildman–Crippen MR) is 85.5 cm³/mol. The Balaban J connectivity index is 1.68. The van der Waals surface area contributed by atoms with E-state index in [9.17, 15) is 9.90 Å². The highest BCUT2D eigenvalue weighted by Gasteiger charge is 2.44. The van der Waals surface area contributed by atoms with Gasteiger partial charge in [-0.25, -0.2) is 4.98 Å². The van der Waals surface area contributed by atoms with E-state index in [2.05, 4.69) is 10.3 Å². The van der Waals surface area contributed by atoms with Crippen molar-refractivity contribution in [2.24, 2.45) is 0 Å². The van der Waals surface area contributed by atoms with Gasteiger partial charge in [-0.15, -0.1) is 0 Å². The number of carbonyl (C=O) groups is 1. The van der Waals surface area contributed by atoms with Crippen LogP contribution < -0.4 is 5.32 Å². The van der Waals surface area contributed by atoms with Gasteiger partial charge in [-0.2, -0.15) is 0 Å². The molecule has 2 aliphatic heterocycles. The molecular formula is C15H23N3O3S. The second-order valence-corrected chi connectivity index (χ2v) is 7.05. The van der Waals surface area contributed by atoms with E-state index >= 15 is 0 Å². The molecule has 1 aromatic rings. The molecule has 2 saturated heterocycles. The van der Waals surface area contributed by atoms with Gasteiger partial charge in [-0.1, -0.05) is 11.3 Å². The van der Waals surface area contributed by atoms with Gasteiger partial charge in [0.05, 0.1) is 17.4 Å². The van der Waals surface area contributed by atoms with E-state index in [0.29, 0.717) is 37.4 Å². The molecule has 1 aromatic heterocycles. The van der Waals surface area contributed by atoms with Crippen LogP contribution in [0.3, 0.4) is 0 Å². The fraction of sp³-hybridized carbons (Fsp3) is 0.733. The number of nitrogens with one attached hydrogen (secondary N) is 1. The average Bonchev–Trinajstić information content (AvgIpc) is 2.91. The third-order valence-corrected chi connectivity index (χ3v) is 5.88. The first-order valence-electron chi connectivity index (χ1n) is 7.82. The molecule has 7 heteroatoms. The summed E-state index contributed by atoms with van der Waals surface area (Å²) in [7, 11) is 1.80. The van der Waals surface area contributed by atoms with Gasteiger partial charge in [0.2, 0.25) is 0 Å². The standard InChI is InChI=1S/C15H23N3O3S/c1-10-12(22-14(16-2)17-10)13(20)18-7-5-15(6-8-18)11(19)4-3-9-21-15/h11,19H,3-9H2,1-2H3,(H,16,17)/t11-/m1/s1. The Morgan fingerprint density at radius 1 is 1.50 bits per heavy atom. The summed E-state index contributed by atoms with van der Waals surface area (Å²) in [4.78, 5) is 19.6. The largest absolute Gasteiger partial charge is 0.390 e. The topological polar surface area (TPSA) is 74.7 Å². The molecule has 1 atom stereocenters. The zero-order valence-corrected chi connectivity index (χ0v) is 13.9. The monoisotopic (exact) mass is 325 g/mol. The molecule has 2 aliphatic rings. The van der Waals surface area contributed by atoms with Crippen LogP contribution in [0, 0.1) is 6.92 Å². The fourth-order valence-corrected chi connectivity index (χ4v) is 4.21. The molecule has 22 heavy (non-hydrogen) atoms. The Hall–Kier alpha value is -1.18. The van der Waals surface area contributed by atoms with Crippen molar-refractivity contribution in [2.45, 2.75) is 44.3 Å². The molecular weight excluding hydrogens is 302 g/mol. The molecule has 0 radical (unpaired) electrons.